The molecule has 20 heavy (non-hydrogen) atoms. The van der Waals surface area contributed by atoms with Gasteiger partial charge in [-0.1, -0.05) is 19.3 Å². The van der Waals surface area contributed by atoms with E-state index in [-0.39, 0.29) is 17.1 Å². The molecule has 5 heteroatoms. The second-order valence-corrected chi connectivity index (χ2v) is 8.93. The van der Waals surface area contributed by atoms with Gasteiger partial charge in [-0.3, -0.25) is 4.79 Å². The molecule has 4 nitrogen and oxygen atoms in total. The smallest absolute Gasteiger partial charge is 0.150 e. The van der Waals surface area contributed by atoms with Gasteiger partial charge < -0.3 is 5.73 Å². The van der Waals surface area contributed by atoms with Crippen LogP contribution in [0.15, 0.2) is 0 Å². The summed E-state index contributed by atoms with van der Waals surface area (Å²) in [6.07, 6.45) is 8.53. The first-order valence-corrected chi connectivity index (χ1v) is 9.81. The zero-order valence-electron chi connectivity index (χ0n) is 12.4. The Hall–Kier alpha value is -0.420. The van der Waals surface area contributed by atoms with Crippen molar-refractivity contribution >= 4 is 15.6 Å². The van der Waals surface area contributed by atoms with Gasteiger partial charge in [0.15, 0.2) is 0 Å². The van der Waals surface area contributed by atoms with E-state index >= 15 is 0 Å². The molecule has 2 aliphatic rings. The number of Topliss-reactive ketones (excluding diaryl/α,β-unsaturated/α-hetero) is 1. The van der Waals surface area contributed by atoms with Crippen LogP contribution in [-0.2, 0) is 14.6 Å². The van der Waals surface area contributed by atoms with Crippen molar-refractivity contribution < 1.29 is 13.2 Å². The predicted octanol–water partition coefficient (Wildman–Crippen LogP) is 1.92. The fourth-order valence-corrected chi connectivity index (χ4v) is 5.14. The van der Waals surface area contributed by atoms with E-state index in [1.165, 1.54) is 12.7 Å². The maximum absolute atomic E-state index is 12.7. The molecule has 0 amide bonds. The van der Waals surface area contributed by atoms with Crippen molar-refractivity contribution in [1.82, 2.24) is 0 Å². The minimum absolute atomic E-state index is 0.0550. The summed E-state index contributed by atoms with van der Waals surface area (Å²) in [7, 11) is -3.02. The van der Waals surface area contributed by atoms with Crippen LogP contribution >= 0.6 is 0 Å². The predicted molar refractivity (Wildman–Crippen MR) is 80.1 cm³/mol. The third-order valence-corrected chi connectivity index (χ3v) is 6.85. The Balaban J connectivity index is 2.04. The molecule has 0 heterocycles. The molecule has 0 spiro atoms. The molecule has 0 aromatic carbocycles. The molecule has 0 radical (unpaired) electrons. The molecule has 2 aliphatic carbocycles. The van der Waals surface area contributed by atoms with Crippen LogP contribution in [0.1, 0.15) is 51.4 Å². The van der Waals surface area contributed by atoms with Crippen LogP contribution in [0.4, 0.5) is 0 Å². The normalized spacial score (nSPS) is 35.7. The number of rotatable bonds is 4. The number of hydrogen-bond acceptors (Lipinski definition) is 4. The van der Waals surface area contributed by atoms with Gasteiger partial charge in [-0.2, -0.15) is 0 Å². The first-order chi connectivity index (χ1) is 9.43. The summed E-state index contributed by atoms with van der Waals surface area (Å²) < 4.78 is 23.4. The van der Waals surface area contributed by atoms with Gasteiger partial charge in [-0.25, -0.2) is 8.42 Å². The number of sulfone groups is 1. The molecular weight excluding hydrogens is 274 g/mol. The average molecular weight is 301 g/mol. The summed E-state index contributed by atoms with van der Waals surface area (Å²) in [6, 6.07) is 0. The monoisotopic (exact) mass is 301 g/mol. The SMILES string of the molecule is CS(=O)(=O)C1CCCC(C(=O)C2CCCCC2CN)C1. The summed E-state index contributed by atoms with van der Waals surface area (Å²) in [5, 5.41) is -0.315. The van der Waals surface area contributed by atoms with E-state index in [2.05, 4.69) is 0 Å². The van der Waals surface area contributed by atoms with Crippen LogP contribution in [-0.4, -0.2) is 32.3 Å². The maximum atomic E-state index is 12.7. The highest BCUT2D eigenvalue weighted by Gasteiger charge is 2.38. The summed E-state index contributed by atoms with van der Waals surface area (Å²) in [5.74, 6) is 0.640. The third-order valence-electron chi connectivity index (χ3n) is 5.21. The number of hydrogen-bond donors (Lipinski definition) is 1. The highest BCUT2D eigenvalue weighted by molar-refractivity contribution is 7.91. The quantitative estimate of drug-likeness (QED) is 0.860. The van der Waals surface area contributed by atoms with Gasteiger partial charge >= 0.3 is 0 Å². The van der Waals surface area contributed by atoms with Crippen molar-refractivity contribution in [2.24, 2.45) is 23.5 Å². The van der Waals surface area contributed by atoms with Gasteiger partial charge in [0.2, 0.25) is 0 Å². The second kappa shape index (κ2) is 6.56. The van der Waals surface area contributed by atoms with E-state index in [0.29, 0.717) is 31.1 Å². The van der Waals surface area contributed by atoms with Gasteiger partial charge in [0.1, 0.15) is 15.6 Å². The number of carbonyl (C=O) groups excluding carboxylic acids is 1. The van der Waals surface area contributed by atoms with Crippen molar-refractivity contribution in [1.29, 1.82) is 0 Å². The lowest BCUT2D eigenvalue weighted by atomic mass is 9.71. The Kier molecular flexibility index (Phi) is 5.24. The van der Waals surface area contributed by atoms with E-state index in [0.717, 1.165) is 32.1 Å². The minimum atomic E-state index is -3.02. The third kappa shape index (κ3) is 3.61. The summed E-state index contributed by atoms with van der Waals surface area (Å²) in [6.45, 7) is 0.582. The molecule has 2 rings (SSSR count). The molecule has 0 aromatic heterocycles. The van der Waals surface area contributed by atoms with Crippen LogP contribution in [0.5, 0.6) is 0 Å². The zero-order valence-corrected chi connectivity index (χ0v) is 13.2. The molecule has 2 N–H and O–H groups in total. The van der Waals surface area contributed by atoms with E-state index in [1.807, 2.05) is 0 Å². The lowest BCUT2D eigenvalue weighted by Gasteiger charge is -2.34. The van der Waals surface area contributed by atoms with Crippen LogP contribution < -0.4 is 5.73 Å². The number of ketones is 1. The van der Waals surface area contributed by atoms with Gasteiger partial charge in [0.25, 0.3) is 0 Å². The molecule has 0 bridgehead atoms. The molecule has 0 aliphatic heterocycles. The maximum Gasteiger partial charge on any atom is 0.150 e. The highest BCUT2D eigenvalue weighted by atomic mass is 32.2. The second-order valence-electron chi connectivity index (χ2n) is 6.60. The van der Waals surface area contributed by atoms with Crippen molar-refractivity contribution in [3.8, 4) is 0 Å². The Morgan fingerprint density at radius 2 is 1.80 bits per heavy atom. The number of carbonyl (C=O) groups is 1. The van der Waals surface area contributed by atoms with Gasteiger partial charge in [-0.05, 0) is 44.6 Å². The zero-order chi connectivity index (χ0) is 14.8. The fraction of sp³-hybridized carbons (Fsp3) is 0.933. The Bertz CT molecular complexity index is 446. The molecule has 4 atom stereocenters. The molecular formula is C15H27NO3S. The molecule has 116 valence electrons. The van der Waals surface area contributed by atoms with Crippen LogP contribution in [0.3, 0.4) is 0 Å². The fourth-order valence-electron chi connectivity index (χ4n) is 3.96. The minimum Gasteiger partial charge on any atom is -0.330 e. The molecule has 0 aromatic rings. The Labute approximate surface area is 122 Å². The standard InChI is InChI=1S/C15H27NO3S/c1-20(18,19)13-7-4-6-11(9-13)15(17)14-8-3-2-5-12(14)10-16/h11-14H,2-10,16H2,1H3. The average Bonchev–Trinajstić information content (AvgIpc) is 2.45. The topological polar surface area (TPSA) is 77.2 Å². The highest BCUT2D eigenvalue weighted by Crippen LogP contribution is 2.37. The van der Waals surface area contributed by atoms with E-state index in [4.69, 9.17) is 5.73 Å². The summed E-state index contributed by atoms with van der Waals surface area (Å²) in [4.78, 5) is 12.7. The van der Waals surface area contributed by atoms with Crippen molar-refractivity contribution in [3.05, 3.63) is 0 Å². The molecule has 2 fully saturated rings. The summed E-state index contributed by atoms with van der Waals surface area (Å²) >= 11 is 0. The largest absolute Gasteiger partial charge is 0.330 e. The Morgan fingerprint density at radius 1 is 1.10 bits per heavy atom. The van der Waals surface area contributed by atoms with Gasteiger partial charge in [0.05, 0.1) is 5.25 Å². The van der Waals surface area contributed by atoms with E-state index in [1.54, 1.807) is 0 Å². The Morgan fingerprint density at radius 3 is 2.45 bits per heavy atom. The van der Waals surface area contributed by atoms with Crippen molar-refractivity contribution in [3.63, 3.8) is 0 Å². The molecule has 4 unspecified atom stereocenters. The van der Waals surface area contributed by atoms with E-state index < -0.39 is 9.84 Å². The van der Waals surface area contributed by atoms with Crippen molar-refractivity contribution in [2.75, 3.05) is 12.8 Å². The molecule has 2 saturated carbocycles. The van der Waals surface area contributed by atoms with Gasteiger partial charge in [0, 0.05) is 18.1 Å². The molecule has 0 saturated heterocycles. The van der Waals surface area contributed by atoms with E-state index in [9.17, 15) is 13.2 Å². The van der Waals surface area contributed by atoms with Crippen LogP contribution in [0.25, 0.3) is 0 Å². The lowest BCUT2D eigenvalue weighted by molar-refractivity contribution is -0.130. The number of nitrogens with two attached hydrogens (primary N) is 1. The summed E-state index contributed by atoms with van der Waals surface area (Å²) in [5.41, 5.74) is 5.81. The van der Waals surface area contributed by atoms with Gasteiger partial charge in [-0.15, -0.1) is 0 Å². The van der Waals surface area contributed by atoms with Crippen molar-refractivity contribution in [2.45, 2.75) is 56.6 Å². The first kappa shape index (κ1) is 16.0. The van der Waals surface area contributed by atoms with Crippen LogP contribution in [0, 0.1) is 17.8 Å². The first-order valence-electron chi connectivity index (χ1n) is 7.86. The lowest BCUT2D eigenvalue weighted by Crippen LogP contribution is -2.39. The van der Waals surface area contributed by atoms with Crippen LogP contribution in [0.2, 0.25) is 0 Å².